The van der Waals surface area contributed by atoms with Crippen LogP contribution in [0.3, 0.4) is 0 Å². The molecule has 0 heterocycles. The molecule has 2 aliphatic rings. The van der Waals surface area contributed by atoms with E-state index >= 15 is 0 Å². The van der Waals surface area contributed by atoms with Crippen molar-refractivity contribution in [1.29, 1.82) is 0 Å². The van der Waals surface area contributed by atoms with Crippen LogP contribution < -0.4 is 0 Å². The van der Waals surface area contributed by atoms with Gasteiger partial charge in [-0.15, -0.1) is 0 Å². The van der Waals surface area contributed by atoms with Crippen molar-refractivity contribution in [3.63, 3.8) is 0 Å². The fraction of sp³-hybridized carbons (Fsp3) is 0.875. The maximum absolute atomic E-state index is 12.4. The number of rotatable bonds is 4. The van der Waals surface area contributed by atoms with Crippen LogP contribution in [0.25, 0.3) is 0 Å². The highest BCUT2D eigenvalue weighted by Crippen LogP contribution is 2.58. The van der Waals surface area contributed by atoms with Crippen molar-refractivity contribution >= 4 is 11.9 Å². The molecule has 0 aliphatic heterocycles. The van der Waals surface area contributed by atoms with E-state index in [-0.39, 0.29) is 17.9 Å². The zero-order valence-electron chi connectivity index (χ0n) is 12.8. The number of carbonyl (C=O) groups is 2. The van der Waals surface area contributed by atoms with Gasteiger partial charge in [0.05, 0.1) is 14.2 Å². The molecule has 4 heteroatoms. The first-order valence-electron chi connectivity index (χ1n) is 7.78. The molecule has 2 aliphatic carbocycles. The predicted octanol–water partition coefficient (Wildman–Crippen LogP) is 2.95. The fourth-order valence-electron chi connectivity index (χ4n) is 4.66. The van der Waals surface area contributed by atoms with Crippen molar-refractivity contribution in [1.82, 2.24) is 0 Å². The number of hydrogen-bond donors (Lipinski definition) is 0. The average Bonchev–Trinajstić information content (AvgIpc) is 2.82. The lowest BCUT2D eigenvalue weighted by atomic mass is 9.69. The van der Waals surface area contributed by atoms with Gasteiger partial charge in [-0.05, 0) is 37.0 Å². The van der Waals surface area contributed by atoms with Gasteiger partial charge in [-0.2, -0.15) is 0 Å². The maximum Gasteiger partial charge on any atom is 0.323 e. The zero-order valence-corrected chi connectivity index (χ0v) is 12.8. The van der Waals surface area contributed by atoms with Gasteiger partial charge in [-0.25, -0.2) is 0 Å². The van der Waals surface area contributed by atoms with E-state index in [1.807, 2.05) is 0 Å². The minimum atomic E-state index is -1.05. The van der Waals surface area contributed by atoms with Crippen molar-refractivity contribution in [2.45, 2.75) is 51.9 Å². The summed E-state index contributed by atoms with van der Waals surface area (Å²) in [4.78, 5) is 24.8. The molecule has 0 spiro atoms. The van der Waals surface area contributed by atoms with Crippen LogP contribution in [0.4, 0.5) is 0 Å². The fourth-order valence-corrected chi connectivity index (χ4v) is 4.66. The lowest BCUT2D eigenvalue weighted by Crippen LogP contribution is -2.46. The molecule has 0 aromatic heterocycles. The Morgan fingerprint density at radius 2 is 1.70 bits per heavy atom. The summed E-state index contributed by atoms with van der Waals surface area (Å²) < 4.78 is 9.99. The van der Waals surface area contributed by atoms with Gasteiger partial charge >= 0.3 is 11.9 Å². The first-order chi connectivity index (χ1) is 9.61. The van der Waals surface area contributed by atoms with Gasteiger partial charge in [0, 0.05) is 0 Å². The highest BCUT2D eigenvalue weighted by Gasteiger charge is 2.63. The number of methoxy groups -OCH3 is 2. The van der Waals surface area contributed by atoms with E-state index in [0.717, 1.165) is 32.1 Å². The van der Waals surface area contributed by atoms with Gasteiger partial charge in [-0.3, -0.25) is 9.59 Å². The quantitative estimate of drug-likeness (QED) is 0.587. The summed E-state index contributed by atoms with van der Waals surface area (Å²) in [6.45, 7) is 2.16. The summed E-state index contributed by atoms with van der Waals surface area (Å²) in [5, 5.41) is 0. The number of esters is 2. The van der Waals surface area contributed by atoms with Crippen LogP contribution in [0.2, 0.25) is 0 Å². The van der Waals surface area contributed by atoms with Crippen LogP contribution in [-0.2, 0) is 19.1 Å². The van der Waals surface area contributed by atoms with Gasteiger partial charge in [0.2, 0.25) is 0 Å². The van der Waals surface area contributed by atoms with Gasteiger partial charge in [0.15, 0.2) is 5.41 Å². The zero-order chi connectivity index (χ0) is 14.8. The molecule has 3 unspecified atom stereocenters. The Labute approximate surface area is 121 Å². The molecule has 0 aromatic rings. The summed E-state index contributed by atoms with van der Waals surface area (Å²) >= 11 is 0. The molecule has 0 amide bonds. The molecule has 114 valence electrons. The van der Waals surface area contributed by atoms with Crippen molar-refractivity contribution < 1.29 is 19.1 Å². The summed E-state index contributed by atoms with van der Waals surface area (Å²) in [7, 11) is 2.75. The SMILES string of the molecule is CCCC1CC(C(=O)OC)(C(=O)OC)C2CCCCC12. The molecular weight excluding hydrogens is 256 g/mol. The van der Waals surface area contributed by atoms with Crippen molar-refractivity contribution in [3.8, 4) is 0 Å². The number of ether oxygens (including phenoxy) is 2. The minimum absolute atomic E-state index is 0.104. The van der Waals surface area contributed by atoms with Crippen molar-refractivity contribution in [2.75, 3.05) is 14.2 Å². The van der Waals surface area contributed by atoms with E-state index < -0.39 is 5.41 Å². The van der Waals surface area contributed by atoms with Crippen molar-refractivity contribution in [2.24, 2.45) is 23.2 Å². The van der Waals surface area contributed by atoms with Crippen LogP contribution in [0, 0.1) is 23.2 Å². The summed E-state index contributed by atoms with van der Waals surface area (Å²) in [6.07, 6.45) is 7.15. The molecule has 4 nitrogen and oxygen atoms in total. The van der Waals surface area contributed by atoms with Crippen molar-refractivity contribution in [3.05, 3.63) is 0 Å². The van der Waals surface area contributed by atoms with E-state index in [9.17, 15) is 9.59 Å². The first kappa shape index (κ1) is 15.3. The molecule has 3 atom stereocenters. The van der Waals surface area contributed by atoms with E-state index in [0.29, 0.717) is 18.3 Å². The normalized spacial score (nSPS) is 31.4. The Balaban J connectivity index is 2.39. The van der Waals surface area contributed by atoms with E-state index in [1.54, 1.807) is 0 Å². The maximum atomic E-state index is 12.4. The van der Waals surface area contributed by atoms with Crippen LogP contribution >= 0.6 is 0 Å². The summed E-state index contributed by atoms with van der Waals surface area (Å²) in [6, 6.07) is 0. The lowest BCUT2D eigenvalue weighted by molar-refractivity contribution is -0.173. The summed E-state index contributed by atoms with van der Waals surface area (Å²) in [5.74, 6) is 0.248. The lowest BCUT2D eigenvalue weighted by Gasteiger charge is -2.35. The molecule has 2 rings (SSSR count). The Morgan fingerprint density at radius 1 is 1.10 bits per heavy atom. The van der Waals surface area contributed by atoms with Gasteiger partial charge in [0.25, 0.3) is 0 Å². The van der Waals surface area contributed by atoms with Crippen LogP contribution in [0.5, 0.6) is 0 Å². The van der Waals surface area contributed by atoms with Gasteiger partial charge in [0.1, 0.15) is 0 Å². The molecule has 2 fully saturated rings. The third-order valence-electron chi connectivity index (χ3n) is 5.40. The molecule has 0 bridgehead atoms. The van der Waals surface area contributed by atoms with Gasteiger partial charge in [-0.1, -0.05) is 32.6 Å². The third-order valence-corrected chi connectivity index (χ3v) is 5.40. The molecule has 20 heavy (non-hydrogen) atoms. The highest BCUT2D eigenvalue weighted by molar-refractivity contribution is 6.01. The highest BCUT2D eigenvalue weighted by atomic mass is 16.5. The third kappa shape index (κ3) is 2.23. The second-order valence-corrected chi connectivity index (χ2v) is 6.26. The first-order valence-corrected chi connectivity index (χ1v) is 7.78. The average molecular weight is 282 g/mol. The minimum Gasteiger partial charge on any atom is -0.468 e. The van der Waals surface area contributed by atoms with Gasteiger partial charge < -0.3 is 9.47 Å². The molecule has 2 saturated carbocycles. The van der Waals surface area contributed by atoms with Crippen LogP contribution in [0.15, 0.2) is 0 Å². The van der Waals surface area contributed by atoms with E-state index in [4.69, 9.17) is 9.47 Å². The molecule has 0 aromatic carbocycles. The van der Waals surface area contributed by atoms with Crippen LogP contribution in [0.1, 0.15) is 51.9 Å². The Kier molecular flexibility index (Phi) is 4.71. The standard InChI is InChI=1S/C16H26O4/c1-4-7-11-10-16(14(17)19-2,15(18)20-3)13-9-6-5-8-12(11)13/h11-13H,4-10H2,1-3H3. The Morgan fingerprint density at radius 3 is 2.25 bits per heavy atom. The number of hydrogen-bond acceptors (Lipinski definition) is 4. The Bertz CT molecular complexity index is 361. The number of carbonyl (C=O) groups excluding carboxylic acids is 2. The molecule has 0 radical (unpaired) electrons. The monoisotopic (exact) mass is 282 g/mol. The van der Waals surface area contributed by atoms with Crippen LogP contribution in [-0.4, -0.2) is 26.2 Å². The van der Waals surface area contributed by atoms with E-state index in [1.165, 1.54) is 20.6 Å². The largest absolute Gasteiger partial charge is 0.468 e. The second-order valence-electron chi connectivity index (χ2n) is 6.26. The summed E-state index contributed by atoms with van der Waals surface area (Å²) in [5.41, 5.74) is -1.05. The predicted molar refractivity (Wildman–Crippen MR) is 74.9 cm³/mol. The number of fused-ring (bicyclic) bond motifs is 1. The second kappa shape index (κ2) is 6.15. The Hall–Kier alpha value is -1.06. The topological polar surface area (TPSA) is 52.6 Å². The van der Waals surface area contributed by atoms with E-state index in [2.05, 4.69) is 6.92 Å². The molecular formula is C16H26O4. The smallest absolute Gasteiger partial charge is 0.323 e. The molecule has 0 N–H and O–H groups in total. The molecule has 0 saturated heterocycles.